The summed E-state index contributed by atoms with van der Waals surface area (Å²) in [6.45, 7) is 5.92. The van der Waals surface area contributed by atoms with E-state index in [-0.39, 0.29) is 25.0 Å². The van der Waals surface area contributed by atoms with Gasteiger partial charge in [-0.25, -0.2) is 0 Å². The minimum Gasteiger partial charge on any atom is -0.465 e. The molecule has 0 radical (unpaired) electrons. The van der Waals surface area contributed by atoms with Crippen LogP contribution in [-0.4, -0.2) is 86.5 Å². The Bertz CT molecular complexity index is 288. The number of carbonyl (C=O) groups excluding carboxylic acids is 2. The van der Waals surface area contributed by atoms with Gasteiger partial charge < -0.3 is 14.5 Å². The third-order valence-corrected chi connectivity index (χ3v) is 2.97. The zero-order chi connectivity index (χ0) is 13.5. The first-order valence-electron chi connectivity index (χ1n) is 6.33. The van der Waals surface area contributed by atoms with Gasteiger partial charge in [-0.1, -0.05) is 0 Å². The molecule has 1 rings (SSSR count). The van der Waals surface area contributed by atoms with Gasteiger partial charge in [0.1, 0.15) is 0 Å². The lowest BCUT2D eigenvalue weighted by Gasteiger charge is -2.33. The molecule has 1 heterocycles. The zero-order valence-electron chi connectivity index (χ0n) is 11.5. The van der Waals surface area contributed by atoms with Crippen molar-refractivity contribution >= 4 is 11.9 Å². The smallest absolute Gasteiger partial charge is 0.320 e. The predicted molar refractivity (Wildman–Crippen MR) is 68.2 cm³/mol. The Balaban J connectivity index is 2.28. The summed E-state index contributed by atoms with van der Waals surface area (Å²) in [5.41, 5.74) is 0. The van der Waals surface area contributed by atoms with Crippen molar-refractivity contribution in [2.24, 2.45) is 0 Å². The van der Waals surface area contributed by atoms with Gasteiger partial charge >= 0.3 is 5.97 Å². The summed E-state index contributed by atoms with van der Waals surface area (Å²) in [5, 5.41) is 0. The third kappa shape index (κ3) is 5.01. The van der Waals surface area contributed by atoms with E-state index in [2.05, 4.69) is 11.9 Å². The molecule has 1 fully saturated rings. The lowest BCUT2D eigenvalue weighted by Crippen LogP contribution is -2.50. The summed E-state index contributed by atoms with van der Waals surface area (Å²) >= 11 is 0. The van der Waals surface area contributed by atoms with Crippen LogP contribution in [0.5, 0.6) is 0 Å². The molecule has 0 saturated carbocycles. The second-order valence-electron chi connectivity index (χ2n) is 4.66. The number of hydrogen-bond donors (Lipinski definition) is 0. The molecule has 1 saturated heterocycles. The van der Waals surface area contributed by atoms with Crippen LogP contribution in [0.1, 0.15) is 6.92 Å². The van der Waals surface area contributed by atoms with Crippen molar-refractivity contribution in [3.63, 3.8) is 0 Å². The highest BCUT2D eigenvalue weighted by Gasteiger charge is 2.20. The number of esters is 1. The Hall–Kier alpha value is -1.14. The van der Waals surface area contributed by atoms with Crippen LogP contribution in [0.4, 0.5) is 0 Å². The molecule has 1 aliphatic heterocycles. The van der Waals surface area contributed by atoms with E-state index in [1.807, 2.05) is 4.90 Å². The van der Waals surface area contributed by atoms with Crippen LogP contribution in [0.15, 0.2) is 0 Å². The summed E-state index contributed by atoms with van der Waals surface area (Å²) in [6, 6.07) is 0. The number of rotatable bonds is 5. The van der Waals surface area contributed by atoms with E-state index in [9.17, 15) is 9.59 Å². The van der Waals surface area contributed by atoms with E-state index in [4.69, 9.17) is 4.74 Å². The fourth-order valence-corrected chi connectivity index (χ4v) is 1.87. The van der Waals surface area contributed by atoms with Crippen molar-refractivity contribution < 1.29 is 14.3 Å². The molecular formula is C12H23N3O3. The first-order valence-corrected chi connectivity index (χ1v) is 6.33. The maximum absolute atomic E-state index is 12.0. The first-order chi connectivity index (χ1) is 8.52. The fourth-order valence-electron chi connectivity index (χ4n) is 1.87. The van der Waals surface area contributed by atoms with Crippen LogP contribution in [0.2, 0.25) is 0 Å². The lowest BCUT2D eigenvalue weighted by atomic mass is 10.3. The maximum Gasteiger partial charge on any atom is 0.320 e. The molecule has 1 aliphatic rings. The number of hydrogen-bond acceptors (Lipinski definition) is 5. The quantitative estimate of drug-likeness (QED) is 0.607. The molecule has 18 heavy (non-hydrogen) atoms. The maximum atomic E-state index is 12.0. The number of piperazine rings is 1. The van der Waals surface area contributed by atoms with Gasteiger partial charge in [0.05, 0.1) is 19.7 Å². The van der Waals surface area contributed by atoms with Crippen LogP contribution in [-0.2, 0) is 14.3 Å². The largest absolute Gasteiger partial charge is 0.465 e. The molecule has 0 aliphatic carbocycles. The monoisotopic (exact) mass is 257 g/mol. The SMILES string of the molecule is CCOC(=O)CN(C)CC(=O)N1CCN(C)CC1. The van der Waals surface area contributed by atoms with Gasteiger partial charge in [0.25, 0.3) is 0 Å². The van der Waals surface area contributed by atoms with Crippen LogP contribution < -0.4 is 0 Å². The Labute approximate surface area is 108 Å². The molecule has 0 aromatic carbocycles. The Morgan fingerprint density at radius 3 is 2.33 bits per heavy atom. The summed E-state index contributed by atoms with van der Waals surface area (Å²) < 4.78 is 4.84. The summed E-state index contributed by atoms with van der Waals surface area (Å²) in [4.78, 5) is 29.0. The highest BCUT2D eigenvalue weighted by atomic mass is 16.5. The highest BCUT2D eigenvalue weighted by molar-refractivity contribution is 5.79. The minimum absolute atomic E-state index is 0.0786. The summed E-state index contributed by atoms with van der Waals surface area (Å²) in [6.07, 6.45) is 0. The molecular weight excluding hydrogens is 234 g/mol. The van der Waals surface area contributed by atoms with Gasteiger partial charge in [-0.2, -0.15) is 0 Å². The average molecular weight is 257 g/mol. The standard InChI is InChI=1S/C12H23N3O3/c1-4-18-12(17)10-14(3)9-11(16)15-7-5-13(2)6-8-15/h4-10H2,1-3H3. The van der Waals surface area contributed by atoms with Crippen molar-refractivity contribution in [3.05, 3.63) is 0 Å². The zero-order valence-corrected chi connectivity index (χ0v) is 11.5. The Morgan fingerprint density at radius 2 is 1.78 bits per heavy atom. The van der Waals surface area contributed by atoms with Gasteiger partial charge in [0, 0.05) is 26.2 Å². The lowest BCUT2D eigenvalue weighted by molar-refractivity contribution is -0.144. The van der Waals surface area contributed by atoms with Crippen molar-refractivity contribution in [1.82, 2.24) is 14.7 Å². The van der Waals surface area contributed by atoms with E-state index in [1.54, 1.807) is 18.9 Å². The Morgan fingerprint density at radius 1 is 1.17 bits per heavy atom. The van der Waals surface area contributed by atoms with E-state index in [1.165, 1.54) is 0 Å². The van der Waals surface area contributed by atoms with Crippen molar-refractivity contribution in [1.29, 1.82) is 0 Å². The number of carbonyl (C=O) groups is 2. The van der Waals surface area contributed by atoms with Crippen LogP contribution in [0.3, 0.4) is 0 Å². The fraction of sp³-hybridized carbons (Fsp3) is 0.833. The molecule has 0 aromatic heterocycles. The minimum atomic E-state index is -0.286. The van der Waals surface area contributed by atoms with Gasteiger partial charge in [-0.3, -0.25) is 14.5 Å². The van der Waals surface area contributed by atoms with Gasteiger partial charge in [0.2, 0.25) is 5.91 Å². The second kappa shape index (κ2) is 7.33. The van der Waals surface area contributed by atoms with Crippen molar-refractivity contribution in [2.75, 3.05) is 60.0 Å². The summed E-state index contributed by atoms with van der Waals surface area (Å²) in [7, 11) is 3.81. The molecule has 0 aromatic rings. The molecule has 1 amide bonds. The molecule has 6 heteroatoms. The van der Waals surface area contributed by atoms with Crippen LogP contribution in [0.25, 0.3) is 0 Å². The van der Waals surface area contributed by atoms with E-state index in [0.29, 0.717) is 6.61 Å². The number of amides is 1. The molecule has 0 bridgehead atoms. The van der Waals surface area contributed by atoms with E-state index >= 15 is 0 Å². The number of ether oxygens (including phenoxy) is 1. The number of likely N-dealkylation sites (N-methyl/N-ethyl adjacent to an activating group) is 2. The van der Waals surface area contributed by atoms with Gasteiger partial charge in [-0.15, -0.1) is 0 Å². The summed E-state index contributed by atoms with van der Waals surface area (Å²) in [5.74, 6) is -0.207. The van der Waals surface area contributed by atoms with Gasteiger partial charge in [-0.05, 0) is 21.0 Å². The normalized spacial score (nSPS) is 17.0. The third-order valence-electron chi connectivity index (χ3n) is 2.97. The van der Waals surface area contributed by atoms with Crippen molar-refractivity contribution in [2.45, 2.75) is 6.92 Å². The van der Waals surface area contributed by atoms with Crippen LogP contribution in [0, 0.1) is 0 Å². The molecule has 6 nitrogen and oxygen atoms in total. The Kier molecular flexibility index (Phi) is 6.07. The average Bonchev–Trinajstić information content (AvgIpc) is 2.29. The second-order valence-corrected chi connectivity index (χ2v) is 4.66. The molecule has 0 unspecified atom stereocenters. The molecule has 0 atom stereocenters. The van der Waals surface area contributed by atoms with Gasteiger partial charge in [0.15, 0.2) is 0 Å². The van der Waals surface area contributed by atoms with Crippen LogP contribution >= 0.6 is 0 Å². The van der Waals surface area contributed by atoms with E-state index in [0.717, 1.165) is 26.2 Å². The topological polar surface area (TPSA) is 53.1 Å². The predicted octanol–water partition coefficient (Wildman–Crippen LogP) is -0.745. The molecule has 0 N–H and O–H groups in total. The van der Waals surface area contributed by atoms with Crippen molar-refractivity contribution in [3.8, 4) is 0 Å². The highest BCUT2D eigenvalue weighted by Crippen LogP contribution is 2.00. The van der Waals surface area contributed by atoms with E-state index < -0.39 is 0 Å². The molecule has 104 valence electrons. The molecule has 0 spiro atoms. The first kappa shape index (κ1) is 14.9. The number of nitrogens with zero attached hydrogens (tertiary/aromatic N) is 3.